The first kappa shape index (κ1) is 34.0. The van der Waals surface area contributed by atoms with Gasteiger partial charge in [-0.25, -0.2) is 9.59 Å². The zero-order valence-electron chi connectivity index (χ0n) is 27.0. The molecule has 4 rings (SSSR count). The van der Waals surface area contributed by atoms with E-state index in [1.165, 1.54) is 18.7 Å². The third kappa shape index (κ3) is 8.42. The predicted octanol–water partition coefficient (Wildman–Crippen LogP) is 4.92. The van der Waals surface area contributed by atoms with Crippen LogP contribution in [0.3, 0.4) is 0 Å². The average molecular weight is 631 g/mol. The molecule has 0 spiro atoms. The topological polar surface area (TPSA) is 146 Å². The summed E-state index contributed by atoms with van der Waals surface area (Å²) >= 11 is 0. The number of ether oxygens (including phenoxy) is 2. The van der Waals surface area contributed by atoms with Crippen LogP contribution in [-0.2, 0) is 32.2 Å². The second-order valence-electron chi connectivity index (χ2n) is 12.4. The number of benzene rings is 3. The minimum absolute atomic E-state index is 0.109. The SMILES string of the molecule is C[C@H](NC(=O)OCC1c2ccccc2-c2ccccc21)C(=O)N[C@@H](C)C(=O)Nc1ccc(CO)c(CN(C)C(=O)OC(C)(C)C)c1. The van der Waals surface area contributed by atoms with E-state index in [1.54, 1.807) is 46.0 Å². The Morgan fingerprint density at radius 1 is 0.848 bits per heavy atom. The van der Waals surface area contributed by atoms with Gasteiger partial charge in [-0.2, -0.15) is 0 Å². The number of hydrogen-bond acceptors (Lipinski definition) is 7. The van der Waals surface area contributed by atoms with Crippen LogP contribution in [0.1, 0.15) is 62.8 Å². The number of fused-ring (bicyclic) bond motifs is 3. The number of aliphatic hydroxyl groups is 1. The summed E-state index contributed by atoms with van der Waals surface area (Å²) in [4.78, 5) is 52.2. The Morgan fingerprint density at radius 3 is 2.02 bits per heavy atom. The molecule has 0 bridgehead atoms. The van der Waals surface area contributed by atoms with E-state index < -0.39 is 41.7 Å². The molecule has 0 unspecified atom stereocenters. The third-order valence-electron chi connectivity index (χ3n) is 7.58. The van der Waals surface area contributed by atoms with E-state index in [0.29, 0.717) is 16.8 Å². The number of nitrogens with zero attached hydrogens (tertiary/aromatic N) is 1. The van der Waals surface area contributed by atoms with Crippen LogP contribution in [-0.4, -0.2) is 65.3 Å². The Labute approximate surface area is 269 Å². The van der Waals surface area contributed by atoms with E-state index >= 15 is 0 Å². The number of rotatable bonds is 10. The molecule has 4 amide bonds. The lowest BCUT2D eigenvalue weighted by molar-refractivity contribution is -0.127. The van der Waals surface area contributed by atoms with Crippen molar-refractivity contribution in [2.45, 2.75) is 71.4 Å². The summed E-state index contributed by atoms with van der Waals surface area (Å²) in [7, 11) is 1.58. The smallest absolute Gasteiger partial charge is 0.410 e. The van der Waals surface area contributed by atoms with Crippen LogP contribution in [0, 0.1) is 0 Å². The van der Waals surface area contributed by atoms with Crippen molar-refractivity contribution in [1.29, 1.82) is 0 Å². The second kappa shape index (κ2) is 14.5. The normalized spacial score (nSPS) is 13.5. The first-order chi connectivity index (χ1) is 21.8. The molecule has 0 heterocycles. The van der Waals surface area contributed by atoms with E-state index in [9.17, 15) is 24.3 Å². The highest BCUT2D eigenvalue weighted by Crippen LogP contribution is 2.44. The summed E-state index contributed by atoms with van der Waals surface area (Å²) in [5.74, 6) is -1.17. The summed E-state index contributed by atoms with van der Waals surface area (Å²) < 4.78 is 10.9. The summed E-state index contributed by atoms with van der Waals surface area (Å²) in [6, 6.07) is 19.0. The predicted molar refractivity (Wildman–Crippen MR) is 174 cm³/mol. The van der Waals surface area contributed by atoms with Crippen molar-refractivity contribution in [3.05, 3.63) is 89.0 Å². The lowest BCUT2D eigenvalue weighted by atomic mass is 9.98. The number of anilines is 1. The van der Waals surface area contributed by atoms with Crippen LogP contribution < -0.4 is 16.0 Å². The zero-order chi connectivity index (χ0) is 33.6. The quantitative estimate of drug-likeness (QED) is 0.249. The van der Waals surface area contributed by atoms with Gasteiger partial charge in [0.05, 0.1) is 6.61 Å². The molecule has 0 fully saturated rings. The summed E-state index contributed by atoms with van der Waals surface area (Å²) in [6.07, 6.45) is -1.27. The number of carbonyl (C=O) groups is 4. The lowest BCUT2D eigenvalue weighted by Gasteiger charge is -2.25. The van der Waals surface area contributed by atoms with Gasteiger partial charge in [0, 0.05) is 25.2 Å². The van der Waals surface area contributed by atoms with Crippen molar-refractivity contribution in [2.24, 2.45) is 0 Å². The molecule has 3 aromatic carbocycles. The van der Waals surface area contributed by atoms with E-state index in [4.69, 9.17) is 9.47 Å². The van der Waals surface area contributed by atoms with Gasteiger partial charge in [0.25, 0.3) is 0 Å². The lowest BCUT2D eigenvalue weighted by Crippen LogP contribution is -2.50. The molecule has 0 saturated heterocycles. The minimum atomic E-state index is -0.968. The summed E-state index contributed by atoms with van der Waals surface area (Å²) in [5.41, 5.74) is 5.34. The van der Waals surface area contributed by atoms with Crippen molar-refractivity contribution in [1.82, 2.24) is 15.5 Å². The van der Waals surface area contributed by atoms with Gasteiger partial charge >= 0.3 is 12.2 Å². The van der Waals surface area contributed by atoms with Crippen LogP contribution in [0.25, 0.3) is 11.1 Å². The Kier molecular flexibility index (Phi) is 10.7. The van der Waals surface area contributed by atoms with Gasteiger partial charge < -0.3 is 35.4 Å². The molecule has 0 aliphatic heterocycles. The number of nitrogens with one attached hydrogen (secondary N) is 3. The monoisotopic (exact) mass is 630 g/mol. The van der Waals surface area contributed by atoms with Crippen molar-refractivity contribution in [3.8, 4) is 11.1 Å². The number of alkyl carbamates (subject to hydrolysis) is 1. The highest BCUT2D eigenvalue weighted by atomic mass is 16.6. The number of carbonyl (C=O) groups excluding carboxylic acids is 4. The molecule has 11 nitrogen and oxygen atoms in total. The molecule has 244 valence electrons. The summed E-state index contributed by atoms with van der Waals surface area (Å²) in [6.45, 7) is 8.32. The van der Waals surface area contributed by atoms with Crippen LogP contribution in [0.2, 0.25) is 0 Å². The van der Waals surface area contributed by atoms with Crippen molar-refractivity contribution in [3.63, 3.8) is 0 Å². The van der Waals surface area contributed by atoms with Gasteiger partial charge in [0.1, 0.15) is 24.3 Å². The van der Waals surface area contributed by atoms with Gasteiger partial charge in [-0.3, -0.25) is 9.59 Å². The van der Waals surface area contributed by atoms with Gasteiger partial charge in [0.15, 0.2) is 0 Å². The zero-order valence-corrected chi connectivity index (χ0v) is 27.0. The first-order valence-corrected chi connectivity index (χ1v) is 15.2. The van der Waals surface area contributed by atoms with Crippen LogP contribution >= 0.6 is 0 Å². The van der Waals surface area contributed by atoms with Crippen LogP contribution in [0.4, 0.5) is 15.3 Å². The molecule has 1 aliphatic rings. The maximum atomic E-state index is 12.9. The van der Waals surface area contributed by atoms with E-state index in [2.05, 4.69) is 16.0 Å². The fourth-order valence-corrected chi connectivity index (χ4v) is 5.20. The van der Waals surface area contributed by atoms with E-state index in [-0.39, 0.29) is 25.7 Å². The van der Waals surface area contributed by atoms with Gasteiger partial charge in [-0.15, -0.1) is 0 Å². The molecule has 46 heavy (non-hydrogen) atoms. The van der Waals surface area contributed by atoms with Crippen molar-refractivity contribution < 1.29 is 33.8 Å². The Balaban J connectivity index is 1.28. The maximum absolute atomic E-state index is 12.9. The molecule has 0 aromatic heterocycles. The van der Waals surface area contributed by atoms with Crippen LogP contribution in [0.5, 0.6) is 0 Å². The standard InChI is InChI=1S/C35H42N4O7/c1-21(32(42)38-25-16-15-23(19-40)24(17-25)18-39(6)34(44)46-35(3,4)5)36-31(41)22(2)37-33(43)45-20-30-28-13-9-7-11-26(28)27-12-8-10-14-29(27)30/h7-17,21-22,30,40H,18-20H2,1-6H3,(H,36,41)(H,37,43)(H,38,42)/t21-,22-/m0/s1. The average Bonchev–Trinajstić information content (AvgIpc) is 3.32. The van der Waals surface area contributed by atoms with Gasteiger partial charge in [-0.1, -0.05) is 54.6 Å². The van der Waals surface area contributed by atoms with Crippen molar-refractivity contribution >= 4 is 29.7 Å². The molecular weight excluding hydrogens is 588 g/mol. The van der Waals surface area contributed by atoms with Crippen molar-refractivity contribution in [2.75, 3.05) is 19.0 Å². The number of aliphatic hydroxyl groups excluding tert-OH is 1. The molecule has 0 radical (unpaired) electrons. The molecule has 11 heteroatoms. The number of amides is 4. The van der Waals surface area contributed by atoms with E-state index in [1.807, 2.05) is 48.5 Å². The fourth-order valence-electron chi connectivity index (χ4n) is 5.20. The molecular formula is C35H42N4O7. The Morgan fingerprint density at radius 2 is 1.43 bits per heavy atom. The first-order valence-electron chi connectivity index (χ1n) is 15.2. The molecule has 2 atom stereocenters. The van der Waals surface area contributed by atoms with Gasteiger partial charge in [0.2, 0.25) is 11.8 Å². The molecule has 4 N–H and O–H groups in total. The van der Waals surface area contributed by atoms with E-state index in [0.717, 1.165) is 22.3 Å². The minimum Gasteiger partial charge on any atom is -0.449 e. The highest BCUT2D eigenvalue weighted by molar-refractivity contribution is 5.98. The Hall–Kier alpha value is -4.90. The largest absolute Gasteiger partial charge is 0.449 e. The highest BCUT2D eigenvalue weighted by Gasteiger charge is 2.30. The summed E-state index contributed by atoms with van der Waals surface area (Å²) in [5, 5.41) is 17.7. The van der Waals surface area contributed by atoms with Crippen LogP contribution in [0.15, 0.2) is 66.7 Å². The second-order valence-corrected chi connectivity index (χ2v) is 12.4. The van der Waals surface area contributed by atoms with Gasteiger partial charge in [-0.05, 0) is 80.1 Å². The molecule has 3 aromatic rings. The Bertz CT molecular complexity index is 1550. The fraction of sp³-hybridized carbons (Fsp3) is 0.371. The molecule has 0 saturated carbocycles. The third-order valence-corrected chi connectivity index (χ3v) is 7.58. The molecule has 1 aliphatic carbocycles. The number of hydrogen-bond donors (Lipinski definition) is 4. The maximum Gasteiger partial charge on any atom is 0.410 e.